The van der Waals surface area contributed by atoms with Crippen molar-refractivity contribution in [3.05, 3.63) is 59.2 Å². The molecule has 1 heterocycles. The molecule has 194 valence electrons. The first-order chi connectivity index (χ1) is 17.2. The van der Waals surface area contributed by atoms with E-state index < -0.39 is 17.7 Å². The lowest BCUT2D eigenvalue weighted by Gasteiger charge is -2.27. The van der Waals surface area contributed by atoms with Crippen LogP contribution in [0.15, 0.2) is 48.0 Å². The number of rotatable bonds is 11. The number of aliphatic hydroxyl groups is 1. The summed E-state index contributed by atoms with van der Waals surface area (Å²) in [4.78, 5) is 29.8. The number of carbonyl (C=O) groups is 2. The maximum Gasteiger partial charge on any atom is 0.295 e. The molecule has 0 bridgehead atoms. The quantitative estimate of drug-likeness (QED) is 0.285. The third-order valence-electron chi connectivity index (χ3n) is 6.15. The van der Waals surface area contributed by atoms with Crippen LogP contribution in [0.3, 0.4) is 0 Å². The van der Waals surface area contributed by atoms with Gasteiger partial charge in [0.05, 0.1) is 32.4 Å². The SMILES string of the molecule is COc1ccc(C(O)=C2C(=O)C(=O)N(CCN(C)C)C2c2ccc(OCCC(C)C)c(OC)c2)cc1. The third kappa shape index (κ3) is 5.99. The molecule has 8 nitrogen and oxygen atoms in total. The van der Waals surface area contributed by atoms with Crippen LogP contribution in [-0.2, 0) is 9.59 Å². The molecule has 2 aromatic rings. The van der Waals surface area contributed by atoms with Crippen LogP contribution in [0.5, 0.6) is 17.2 Å². The summed E-state index contributed by atoms with van der Waals surface area (Å²) < 4.78 is 16.7. The minimum Gasteiger partial charge on any atom is -0.507 e. The summed E-state index contributed by atoms with van der Waals surface area (Å²) in [5.41, 5.74) is 1.11. The number of aliphatic hydroxyl groups excluding tert-OH is 1. The van der Waals surface area contributed by atoms with E-state index in [9.17, 15) is 14.7 Å². The van der Waals surface area contributed by atoms with Crippen molar-refractivity contribution in [2.45, 2.75) is 26.3 Å². The molecule has 8 heteroatoms. The van der Waals surface area contributed by atoms with Gasteiger partial charge in [-0.1, -0.05) is 19.9 Å². The molecule has 1 aliphatic heterocycles. The van der Waals surface area contributed by atoms with Crippen LogP contribution in [0, 0.1) is 5.92 Å². The molecule has 2 aromatic carbocycles. The van der Waals surface area contributed by atoms with Gasteiger partial charge in [-0.25, -0.2) is 0 Å². The van der Waals surface area contributed by atoms with Gasteiger partial charge in [-0.15, -0.1) is 0 Å². The Bertz CT molecular complexity index is 1110. The highest BCUT2D eigenvalue weighted by Gasteiger charge is 2.46. The number of methoxy groups -OCH3 is 2. The predicted molar refractivity (Wildman–Crippen MR) is 139 cm³/mol. The van der Waals surface area contributed by atoms with Gasteiger partial charge in [0.25, 0.3) is 11.7 Å². The summed E-state index contributed by atoms with van der Waals surface area (Å²) in [7, 11) is 6.90. The zero-order valence-corrected chi connectivity index (χ0v) is 21.9. The molecular formula is C28H36N2O6. The Morgan fingerprint density at radius 2 is 1.72 bits per heavy atom. The maximum absolute atomic E-state index is 13.2. The van der Waals surface area contributed by atoms with Crippen LogP contribution in [0.2, 0.25) is 0 Å². The van der Waals surface area contributed by atoms with Gasteiger partial charge in [0.15, 0.2) is 11.5 Å². The smallest absolute Gasteiger partial charge is 0.295 e. The van der Waals surface area contributed by atoms with E-state index >= 15 is 0 Å². The van der Waals surface area contributed by atoms with Crippen molar-refractivity contribution in [3.8, 4) is 17.2 Å². The minimum atomic E-state index is -0.773. The molecule has 0 aromatic heterocycles. The van der Waals surface area contributed by atoms with Gasteiger partial charge < -0.3 is 29.1 Å². The van der Waals surface area contributed by atoms with Crippen LogP contribution in [-0.4, -0.2) is 74.6 Å². The number of ketones is 1. The highest BCUT2D eigenvalue weighted by Crippen LogP contribution is 2.42. The molecule has 1 amide bonds. The number of hydrogen-bond acceptors (Lipinski definition) is 7. The number of likely N-dealkylation sites (tertiary alicyclic amines) is 1. The van der Waals surface area contributed by atoms with Gasteiger partial charge in [0.2, 0.25) is 0 Å². The molecule has 0 radical (unpaired) electrons. The lowest BCUT2D eigenvalue weighted by molar-refractivity contribution is -0.140. The molecule has 1 aliphatic rings. The number of carbonyl (C=O) groups excluding carboxylic acids is 2. The Hall–Kier alpha value is -3.52. The first-order valence-corrected chi connectivity index (χ1v) is 12.1. The molecule has 1 N–H and O–H groups in total. The summed E-state index contributed by atoms with van der Waals surface area (Å²) in [5, 5.41) is 11.2. The summed E-state index contributed by atoms with van der Waals surface area (Å²) in [6.07, 6.45) is 0.900. The molecule has 1 saturated heterocycles. The summed E-state index contributed by atoms with van der Waals surface area (Å²) in [6, 6.07) is 11.3. The van der Waals surface area contributed by atoms with E-state index in [1.165, 1.54) is 4.90 Å². The Labute approximate surface area is 213 Å². The monoisotopic (exact) mass is 496 g/mol. The number of amides is 1. The van der Waals surface area contributed by atoms with E-state index in [1.807, 2.05) is 25.1 Å². The number of benzene rings is 2. The van der Waals surface area contributed by atoms with Crippen LogP contribution < -0.4 is 14.2 Å². The number of Topliss-reactive ketones (excluding diaryl/α,β-unsaturated/α-hetero) is 1. The maximum atomic E-state index is 13.2. The van der Waals surface area contributed by atoms with Crippen LogP contribution in [0.25, 0.3) is 5.76 Å². The van der Waals surface area contributed by atoms with Gasteiger partial charge in [-0.2, -0.15) is 0 Å². The van der Waals surface area contributed by atoms with E-state index in [2.05, 4.69) is 13.8 Å². The van der Waals surface area contributed by atoms with E-state index in [4.69, 9.17) is 14.2 Å². The molecular weight excluding hydrogens is 460 g/mol. The van der Waals surface area contributed by atoms with Crippen molar-refractivity contribution < 1.29 is 28.9 Å². The lowest BCUT2D eigenvalue weighted by atomic mass is 9.95. The molecule has 0 saturated carbocycles. The molecule has 1 unspecified atom stereocenters. The highest BCUT2D eigenvalue weighted by atomic mass is 16.5. The molecule has 1 fully saturated rings. The molecule has 0 aliphatic carbocycles. The Morgan fingerprint density at radius 1 is 1.03 bits per heavy atom. The second-order valence-electron chi connectivity index (χ2n) is 9.47. The normalized spacial score (nSPS) is 17.2. The number of likely N-dealkylation sites (N-methyl/N-ethyl adjacent to an activating group) is 1. The second kappa shape index (κ2) is 11.9. The largest absolute Gasteiger partial charge is 0.507 e. The molecule has 0 spiro atoms. The molecule has 36 heavy (non-hydrogen) atoms. The van der Waals surface area contributed by atoms with Gasteiger partial charge in [-0.3, -0.25) is 9.59 Å². The van der Waals surface area contributed by atoms with Crippen molar-refractivity contribution in [3.63, 3.8) is 0 Å². The summed E-state index contributed by atoms with van der Waals surface area (Å²) in [6.45, 7) is 5.68. The predicted octanol–water partition coefficient (Wildman–Crippen LogP) is 4.11. The Morgan fingerprint density at radius 3 is 2.31 bits per heavy atom. The lowest BCUT2D eigenvalue weighted by Crippen LogP contribution is -2.35. The van der Waals surface area contributed by atoms with E-state index in [-0.39, 0.29) is 11.3 Å². The standard InChI is InChI=1S/C28H36N2O6/c1-18(2)13-16-36-22-12-9-20(17-23(22)35-6)25-24(26(31)19-7-10-21(34-5)11-8-19)27(32)28(33)30(25)15-14-29(3)4/h7-12,17-18,25,31H,13-16H2,1-6H3. The average Bonchev–Trinajstić information content (AvgIpc) is 3.11. The van der Waals surface area contributed by atoms with Crippen molar-refractivity contribution in [2.75, 3.05) is 48.0 Å². The van der Waals surface area contributed by atoms with Crippen molar-refractivity contribution in [1.82, 2.24) is 9.80 Å². The van der Waals surface area contributed by atoms with E-state index in [0.717, 1.165) is 6.42 Å². The molecule has 3 rings (SSSR count). The fourth-order valence-corrected chi connectivity index (χ4v) is 4.05. The van der Waals surface area contributed by atoms with Crippen LogP contribution in [0.4, 0.5) is 0 Å². The fraction of sp³-hybridized carbons (Fsp3) is 0.429. The number of hydrogen-bond donors (Lipinski definition) is 1. The van der Waals surface area contributed by atoms with Gasteiger partial charge in [-0.05, 0) is 68.4 Å². The van der Waals surface area contributed by atoms with Crippen molar-refractivity contribution in [1.29, 1.82) is 0 Å². The fourth-order valence-electron chi connectivity index (χ4n) is 4.05. The summed E-state index contributed by atoms with van der Waals surface area (Å²) in [5.74, 6) is 0.610. The highest BCUT2D eigenvalue weighted by molar-refractivity contribution is 6.46. The van der Waals surface area contributed by atoms with E-state index in [0.29, 0.717) is 54.0 Å². The minimum absolute atomic E-state index is 0.0412. The zero-order valence-electron chi connectivity index (χ0n) is 21.9. The molecule has 1 atom stereocenters. The summed E-state index contributed by atoms with van der Waals surface area (Å²) >= 11 is 0. The van der Waals surface area contributed by atoms with Gasteiger partial charge >= 0.3 is 0 Å². The van der Waals surface area contributed by atoms with Gasteiger partial charge in [0.1, 0.15) is 11.5 Å². The number of nitrogens with zero attached hydrogens (tertiary/aromatic N) is 2. The zero-order chi connectivity index (χ0) is 26.4. The van der Waals surface area contributed by atoms with E-state index in [1.54, 1.807) is 50.6 Å². The van der Waals surface area contributed by atoms with Crippen LogP contribution >= 0.6 is 0 Å². The first-order valence-electron chi connectivity index (χ1n) is 12.1. The Kier molecular flexibility index (Phi) is 8.98. The van der Waals surface area contributed by atoms with Gasteiger partial charge in [0, 0.05) is 18.7 Å². The third-order valence-corrected chi connectivity index (χ3v) is 6.15. The first kappa shape index (κ1) is 27.1. The van der Waals surface area contributed by atoms with Crippen LogP contribution in [0.1, 0.15) is 37.4 Å². The average molecular weight is 497 g/mol. The second-order valence-corrected chi connectivity index (χ2v) is 9.47. The van der Waals surface area contributed by atoms with Crippen molar-refractivity contribution in [2.24, 2.45) is 5.92 Å². The number of ether oxygens (including phenoxy) is 3. The topological polar surface area (TPSA) is 88.5 Å². The van der Waals surface area contributed by atoms with Crippen molar-refractivity contribution >= 4 is 17.4 Å². The Balaban J connectivity index is 2.08.